The van der Waals surface area contributed by atoms with Crippen LogP contribution in [0.15, 0.2) is 47.1 Å². The van der Waals surface area contributed by atoms with Gasteiger partial charge in [0.25, 0.3) is 5.89 Å². The summed E-state index contributed by atoms with van der Waals surface area (Å²) in [6, 6.07) is 11.7. The van der Waals surface area contributed by atoms with E-state index in [0.717, 1.165) is 47.1 Å². The maximum Gasteiger partial charge on any atom is 0.258 e. The van der Waals surface area contributed by atoms with Crippen molar-refractivity contribution in [3.63, 3.8) is 0 Å². The van der Waals surface area contributed by atoms with E-state index < -0.39 is 0 Å². The number of aromatic nitrogens is 3. The summed E-state index contributed by atoms with van der Waals surface area (Å²) in [4.78, 5) is 10.3. The van der Waals surface area contributed by atoms with Crippen molar-refractivity contribution >= 4 is 10.9 Å². The van der Waals surface area contributed by atoms with Gasteiger partial charge in [-0.15, -0.1) is 0 Å². The summed E-state index contributed by atoms with van der Waals surface area (Å²) >= 11 is 0. The smallest absolute Gasteiger partial charge is 0.258 e. The van der Waals surface area contributed by atoms with Crippen LogP contribution in [0.2, 0.25) is 0 Å². The topological polar surface area (TPSA) is 96.6 Å². The van der Waals surface area contributed by atoms with Crippen LogP contribution in [0.25, 0.3) is 33.7 Å². The molecule has 5 rings (SSSR count). The van der Waals surface area contributed by atoms with E-state index in [9.17, 15) is 5.11 Å². The molecule has 0 bridgehead atoms. The Labute approximate surface area is 192 Å². The second kappa shape index (κ2) is 9.25. The van der Waals surface area contributed by atoms with Crippen molar-refractivity contribution in [2.75, 3.05) is 26.3 Å². The first-order valence-corrected chi connectivity index (χ1v) is 11.4. The van der Waals surface area contributed by atoms with Gasteiger partial charge in [-0.1, -0.05) is 17.3 Å². The number of nitrogens with one attached hydrogen (secondary N) is 1. The Kier molecular flexibility index (Phi) is 6.02. The summed E-state index contributed by atoms with van der Waals surface area (Å²) in [5.41, 5.74) is 3.86. The molecule has 0 unspecified atom stereocenters. The number of H-pyrrole nitrogens is 1. The molecule has 0 spiro atoms. The molecular weight excluding hydrogens is 420 g/mol. The number of aliphatic hydroxyl groups is 1. The van der Waals surface area contributed by atoms with Gasteiger partial charge in [-0.2, -0.15) is 4.98 Å². The summed E-state index contributed by atoms with van der Waals surface area (Å²) < 4.78 is 17.0. The molecule has 1 aliphatic heterocycles. The normalized spacial score (nSPS) is 16.5. The van der Waals surface area contributed by atoms with E-state index in [0.29, 0.717) is 43.0 Å². The minimum absolute atomic E-state index is 0.245. The van der Waals surface area contributed by atoms with E-state index in [1.807, 2.05) is 56.4 Å². The first-order valence-electron chi connectivity index (χ1n) is 11.4. The average Bonchev–Trinajstić information content (AvgIpc) is 3.56. The maximum atomic E-state index is 9.89. The minimum Gasteiger partial charge on any atom is -0.490 e. The van der Waals surface area contributed by atoms with Crippen molar-refractivity contribution in [2.24, 2.45) is 0 Å². The lowest BCUT2D eigenvalue weighted by Gasteiger charge is -2.14. The molecule has 2 aromatic carbocycles. The monoisotopic (exact) mass is 448 g/mol. The number of β-amino-alcohol motifs (C(OH)–C–C–N with tert-alkyl or cyclic N) is 1. The third-order valence-corrected chi connectivity index (χ3v) is 5.89. The number of benzene rings is 2. The van der Waals surface area contributed by atoms with Crippen LogP contribution in [0, 0.1) is 0 Å². The maximum absolute atomic E-state index is 9.89. The number of likely N-dealkylation sites (tertiary alicyclic amines) is 1. The van der Waals surface area contributed by atoms with Gasteiger partial charge in [-0.3, -0.25) is 4.90 Å². The van der Waals surface area contributed by atoms with Crippen molar-refractivity contribution in [2.45, 2.75) is 32.9 Å². The summed E-state index contributed by atoms with van der Waals surface area (Å²) in [5, 5.41) is 15.2. The Morgan fingerprint density at radius 1 is 1.15 bits per heavy atom. The highest BCUT2D eigenvalue weighted by Gasteiger charge is 2.23. The number of fused-ring (bicyclic) bond motifs is 1. The van der Waals surface area contributed by atoms with Gasteiger partial charge in [0.15, 0.2) is 11.5 Å². The van der Waals surface area contributed by atoms with Crippen LogP contribution in [0.5, 0.6) is 11.5 Å². The number of hydrogen-bond donors (Lipinski definition) is 2. The molecule has 0 saturated carbocycles. The lowest BCUT2D eigenvalue weighted by molar-refractivity contribution is 0.175. The molecule has 1 aliphatic rings. The number of hydrogen-bond acceptors (Lipinski definition) is 7. The zero-order valence-corrected chi connectivity index (χ0v) is 18.9. The fraction of sp³-hybridized carbons (Fsp3) is 0.360. The van der Waals surface area contributed by atoms with Crippen molar-refractivity contribution in [1.82, 2.24) is 20.0 Å². The third kappa shape index (κ3) is 4.31. The SMILES string of the molecule is CCOc1ccc(-c2nc(-c3cccc4[nH]cc(CN5CC[C@@H](O)C5)c34)no2)cc1OCC. The highest BCUT2D eigenvalue weighted by atomic mass is 16.5. The zero-order chi connectivity index (χ0) is 22.8. The van der Waals surface area contributed by atoms with Gasteiger partial charge < -0.3 is 24.1 Å². The summed E-state index contributed by atoms with van der Waals surface area (Å²) in [6.45, 7) is 7.31. The van der Waals surface area contributed by atoms with Crippen LogP contribution in [0.3, 0.4) is 0 Å². The van der Waals surface area contributed by atoms with E-state index in [1.54, 1.807) is 0 Å². The molecule has 4 aromatic rings. The summed E-state index contributed by atoms with van der Waals surface area (Å²) in [7, 11) is 0. The third-order valence-electron chi connectivity index (χ3n) is 5.89. The van der Waals surface area contributed by atoms with Gasteiger partial charge >= 0.3 is 0 Å². The molecule has 1 saturated heterocycles. The number of ether oxygens (including phenoxy) is 2. The first kappa shape index (κ1) is 21.5. The second-order valence-electron chi connectivity index (χ2n) is 8.17. The van der Waals surface area contributed by atoms with Crippen LogP contribution < -0.4 is 9.47 Å². The molecule has 0 radical (unpaired) electrons. The molecule has 2 N–H and O–H groups in total. The van der Waals surface area contributed by atoms with Gasteiger partial charge in [0.2, 0.25) is 5.82 Å². The standard InChI is InChI=1S/C25H28N4O4/c1-3-31-21-9-8-16(12-22(21)32-4-2)25-27-24(28-33-25)19-6-5-7-20-23(19)17(13-26-20)14-29-11-10-18(30)15-29/h5-9,12-13,18,26,30H,3-4,10-11,14-15H2,1-2H3/t18-/m1/s1. The van der Waals surface area contributed by atoms with E-state index in [2.05, 4.69) is 15.0 Å². The van der Waals surface area contributed by atoms with Gasteiger partial charge in [0, 0.05) is 47.9 Å². The highest BCUT2D eigenvalue weighted by Crippen LogP contribution is 2.35. The van der Waals surface area contributed by atoms with Gasteiger partial charge in [-0.05, 0) is 50.1 Å². The fourth-order valence-electron chi connectivity index (χ4n) is 4.40. The van der Waals surface area contributed by atoms with Crippen LogP contribution >= 0.6 is 0 Å². The summed E-state index contributed by atoms with van der Waals surface area (Å²) in [6.07, 6.45) is 2.60. The lowest BCUT2D eigenvalue weighted by atomic mass is 10.1. The molecular formula is C25H28N4O4. The molecule has 1 atom stereocenters. The Hall–Kier alpha value is -3.36. The number of nitrogens with zero attached hydrogens (tertiary/aromatic N) is 3. The molecule has 8 nitrogen and oxygen atoms in total. The van der Waals surface area contributed by atoms with Gasteiger partial charge in [-0.25, -0.2) is 0 Å². The van der Waals surface area contributed by atoms with Gasteiger partial charge in [0.05, 0.1) is 19.3 Å². The minimum atomic E-state index is -0.245. The van der Waals surface area contributed by atoms with Crippen LogP contribution in [0.1, 0.15) is 25.8 Å². The van der Waals surface area contributed by atoms with Gasteiger partial charge in [0.1, 0.15) is 0 Å². The average molecular weight is 449 g/mol. The predicted octanol–water partition coefficient (Wildman–Crippen LogP) is 4.25. The molecule has 172 valence electrons. The van der Waals surface area contributed by atoms with Crippen LogP contribution in [0.4, 0.5) is 0 Å². The van der Waals surface area contributed by atoms with E-state index >= 15 is 0 Å². The van der Waals surface area contributed by atoms with Crippen molar-refractivity contribution in [3.8, 4) is 34.3 Å². The number of rotatable bonds is 8. The first-order chi connectivity index (χ1) is 16.2. The Bertz CT molecular complexity index is 1250. The Morgan fingerprint density at radius 2 is 2.00 bits per heavy atom. The van der Waals surface area contributed by atoms with Crippen molar-refractivity contribution in [3.05, 3.63) is 48.2 Å². The molecule has 33 heavy (non-hydrogen) atoms. The lowest BCUT2D eigenvalue weighted by Crippen LogP contribution is -2.21. The molecule has 2 aromatic heterocycles. The molecule has 1 fully saturated rings. The van der Waals surface area contributed by atoms with Crippen LogP contribution in [-0.4, -0.2) is 57.5 Å². The van der Waals surface area contributed by atoms with Crippen molar-refractivity contribution < 1.29 is 19.1 Å². The summed E-state index contributed by atoms with van der Waals surface area (Å²) in [5.74, 6) is 2.30. The molecule has 0 amide bonds. The molecule has 8 heteroatoms. The second-order valence-corrected chi connectivity index (χ2v) is 8.17. The molecule has 0 aliphatic carbocycles. The van der Waals surface area contributed by atoms with Crippen molar-refractivity contribution in [1.29, 1.82) is 0 Å². The van der Waals surface area contributed by atoms with E-state index in [1.165, 1.54) is 0 Å². The quantitative estimate of drug-likeness (QED) is 0.416. The fourth-order valence-corrected chi connectivity index (χ4v) is 4.40. The number of aliphatic hydroxyl groups excluding tert-OH is 1. The largest absolute Gasteiger partial charge is 0.490 e. The molecule has 3 heterocycles. The predicted molar refractivity (Wildman–Crippen MR) is 125 cm³/mol. The van der Waals surface area contributed by atoms with E-state index in [-0.39, 0.29) is 6.10 Å². The van der Waals surface area contributed by atoms with E-state index in [4.69, 9.17) is 19.0 Å². The Balaban J connectivity index is 1.48. The zero-order valence-electron chi connectivity index (χ0n) is 18.9. The highest BCUT2D eigenvalue weighted by molar-refractivity contribution is 5.96. The number of aromatic amines is 1. The Morgan fingerprint density at radius 3 is 2.79 bits per heavy atom. The van der Waals surface area contributed by atoms with Crippen LogP contribution in [-0.2, 0) is 6.54 Å².